The van der Waals surface area contributed by atoms with Gasteiger partial charge in [0, 0.05) is 41.3 Å². The van der Waals surface area contributed by atoms with Gasteiger partial charge in [0.05, 0.1) is 7.11 Å². The second-order valence-electron chi connectivity index (χ2n) is 6.25. The number of benzene rings is 1. The first kappa shape index (κ1) is 15.5. The van der Waals surface area contributed by atoms with Crippen molar-refractivity contribution in [1.29, 1.82) is 0 Å². The molecule has 1 aromatic carbocycles. The van der Waals surface area contributed by atoms with Crippen LogP contribution < -0.4 is 4.74 Å². The molecule has 22 heavy (non-hydrogen) atoms. The zero-order valence-electron chi connectivity index (χ0n) is 13.2. The fourth-order valence-corrected chi connectivity index (χ4v) is 4.59. The molecule has 2 aliphatic rings. The normalized spacial score (nSPS) is 30.6. The Morgan fingerprint density at radius 3 is 2.73 bits per heavy atom. The lowest BCUT2D eigenvalue weighted by Crippen LogP contribution is -2.42. The summed E-state index contributed by atoms with van der Waals surface area (Å²) in [5.74, 6) is 2.97. The first-order chi connectivity index (χ1) is 10.6. The molecule has 0 bridgehead atoms. The molecule has 120 valence electrons. The fourth-order valence-electron chi connectivity index (χ4n) is 3.32. The van der Waals surface area contributed by atoms with Gasteiger partial charge in [0.25, 0.3) is 0 Å². The summed E-state index contributed by atoms with van der Waals surface area (Å²) in [6, 6.07) is 8.27. The van der Waals surface area contributed by atoms with Gasteiger partial charge in [-0.15, -0.1) is 0 Å². The van der Waals surface area contributed by atoms with Crippen LogP contribution in [-0.4, -0.2) is 46.7 Å². The van der Waals surface area contributed by atoms with E-state index in [1.807, 2.05) is 30.1 Å². The van der Waals surface area contributed by atoms with Gasteiger partial charge in [-0.2, -0.15) is 0 Å². The van der Waals surface area contributed by atoms with Crippen LogP contribution in [0.4, 0.5) is 0 Å². The molecular formula is C17H23NO3S. The van der Waals surface area contributed by atoms with E-state index in [2.05, 4.69) is 6.07 Å². The number of ether oxygens (including phenoxy) is 1. The summed E-state index contributed by atoms with van der Waals surface area (Å²) in [5, 5.41) is 0. The van der Waals surface area contributed by atoms with Gasteiger partial charge in [-0.1, -0.05) is 12.1 Å². The molecule has 4 nitrogen and oxygen atoms in total. The summed E-state index contributed by atoms with van der Waals surface area (Å²) in [5.41, 5.74) is 1.19. The van der Waals surface area contributed by atoms with Crippen molar-refractivity contribution in [1.82, 2.24) is 4.90 Å². The molecule has 0 N–H and O–H groups in total. The summed E-state index contributed by atoms with van der Waals surface area (Å²) in [6.07, 6.45) is 2.66. The molecule has 1 aliphatic heterocycles. The van der Waals surface area contributed by atoms with Crippen LogP contribution in [0.1, 0.15) is 30.7 Å². The molecule has 0 radical (unpaired) electrons. The van der Waals surface area contributed by atoms with Crippen molar-refractivity contribution in [2.75, 3.05) is 25.7 Å². The zero-order chi connectivity index (χ0) is 15.7. The third-order valence-electron chi connectivity index (χ3n) is 4.88. The number of carbonyl (C=O) groups excluding carboxylic acids is 1. The van der Waals surface area contributed by atoms with Gasteiger partial charge >= 0.3 is 0 Å². The Labute approximate surface area is 134 Å². The van der Waals surface area contributed by atoms with Crippen LogP contribution in [0.25, 0.3) is 0 Å². The topological polar surface area (TPSA) is 46.6 Å². The predicted molar refractivity (Wildman–Crippen MR) is 87.5 cm³/mol. The molecular weight excluding hydrogens is 298 g/mol. The molecule has 1 aromatic rings. The highest BCUT2D eigenvalue weighted by Gasteiger charge is 2.46. The SMILES string of the molecule is COc1cccc([C@H]2C[C@H]2C(=O)N(C)C2CCS(=O)CC2)c1. The quantitative estimate of drug-likeness (QED) is 0.854. The van der Waals surface area contributed by atoms with E-state index in [-0.39, 0.29) is 17.9 Å². The third-order valence-corrected chi connectivity index (χ3v) is 6.26. The minimum atomic E-state index is -0.678. The number of nitrogens with zero attached hydrogens (tertiary/aromatic N) is 1. The van der Waals surface area contributed by atoms with Gasteiger partial charge in [-0.05, 0) is 42.9 Å². The molecule has 0 unspecified atom stereocenters. The molecule has 2 atom stereocenters. The molecule has 0 aromatic heterocycles. The van der Waals surface area contributed by atoms with E-state index in [9.17, 15) is 9.00 Å². The molecule has 2 fully saturated rings. The maximum Gasteiger partial charge on any atom is 0.226 e. The minimum absolute atomic E-state index is 0.101. The molecule has 1 saturated heterocycles. The largest absolute Gasteiger partial charge is 0.497 e. The van der Waals surface area contributed by atoms with E-state index >= 15 is 0 Å². The van der Waals surface area contributed by atoms with Gasteiger partial charge in [0.2, 0.25) is 5.91 Å². The van der Waals surface area contributed by atoms with Gasteiger partial charge in [-0.25, -0.2) is 0 Å². The summed E-state index contributed by atoms with van der Waals surface area (Å²) in [6.45, 7) is 0. The smallest absolute Gasteiger partial charge is 0.226 e. The fraction of sp³-hybridized carbons (Fsp3) is 0.588. The van der Waals surface area contributed by atoms with Crippen molar-refractivity contribution in [3.63, 3.8) is 0 Å². The second-order valence-corrected chi connectivity index (χ2v) is 7.95. The van der Waals surface area contributed by atoms with Gasteiger partial charge in [-0.3, -0.25) is 9.00 Å². The number of rotatable bonds is 4. The third kappa shape index (κ3) is 3.19. The molecule has 1 saturated carbocycles. The lowest BCUT2D eigenvalue weighted by atomic mass is 10.1. The van der Waals surface area contributed by atoms with Crippen LogP contribution in [0.5, 0.6) is 5.75 Å². The Balaban J connectivity index is 1.61. The highest BCUT2D eigenvalue weighted by atomic mass is 32.2. The van der Waals surface area contributed by atoms with Gasteiger partial charge < -0.3 is 9.64 Å². The monoisotopic (exact) mass is 321 g/mol. The van der Waals surface area contributed by atoms with E-state index in [0.29, 0.717) is 5.92 Å². The molecule has 1 aliphatic carbocycles. The number of carbonyl (C=O) groups is 1. The van der Waals surface area contributed by atoms with Crippen molar-refractivity contribution in [3.8, 4) is 5.75 Å². The molecule has 0 spiro atoms. The minimum Gasteiger partial charge on any atom is -0.497 e. The van der Waals surface area contributed by atoms with E-state index < -0.39 is 10.8 Å². The highest BCUT2D eigenvalue weighted by Crippen LogP contribution is 2.49. The van der Waals surface area contributed by atoms with Crippen molar-refractivity contribution in [2.45, 2.75) is 31.2 Å². The average Bonchev–Trinajstić information content (AvgIpc) is 3.35. The molecule has 3 rings (SSSR count). The zero-order valence-corrected chi connectivity index (χ0v) is 14.0. The number of amides is 1. The lowest BCUT2D eigenvalue weighted by molar-refractivity contribution is -0.133. The van der Waals surface area contributed by atoms with Crippen molar-refractivity contribution >= 4 is 16.7 Å². The second kappa shape index (κ2) is 6.41. The maximum atomic E-state index is 12.6. The Kier molecular flexibility index (Phi) is 4.52. The Hall–Kier alpha value is -1.36. The summed E-state index contributed by atoms with van der Waals surface area (Å²) in [4.78, 5) is 14.5. The van der Waals surface area contributed by atoms with E-state index in [4.69, 9.17) is 4.74 Å². The Morgan fingerprint density at radius 2 is 2.05 bits per heavy atom. The van der Waals surface area contributed by atoms with Crippen LogP contribution in [0.2, 0.25) is 0 Å². The number of hydrogen-bond donors (Lipinski definition) is 0. The molecule has 1 amide bonds. The number of methoxy groups -OCH3 is 1. The first-order valence-corrected chi connectivity index (χ1v) is 9.34. The lowest BCUT2D eigenvalue weighted by Gasteiger charge is -2.31. The van der Waals surface area contributed by atoms with E-state index in [1.54, 1.807) is 7.11 Å². The predicted octanol–water partition coefficient (Wildman–Crippen LogP) is 2.17. The first-order valence-electron chi connectivity index (χ1n) is 7.85. The number of hydrogen-bond acceptors (Lipinski definition) is 3. The van der Waals surface area contributed by atoms with Crippen LogP contribution in [0.15, 0.2) is 24.3 Å². The maximum absolute atomic E-state index is 12.6. The van der Waals surface area contributed by atoms with E-state index in [0.717, 1.165) is 36.5 Å². The highest BCUT2D eigenvalue weighted by molar-refractivity contribution is 7.85. The standard InChI is InChI=1S/C17H23NO3S/c1-18(13-6-8-22(20)9-7-13)17(19)16-11-15(16)12-4-3-5-14(10-12)21-2/h3-5,10,13,15-16H,6-9,11H2,1-2H3/t13?,15-,16-,22?/m1/s1. The van der Waals surface area contributed by atoms with E-state index in [1.165, 1.54) is 5.56 Å². The summed E-state index contributed by atoms with van der Waals surface area (Å²) < 4.78 is 16.7. The Bertz CT molecular complexity index is 579. The van der Waals surface area contributed by atoms with Crippen molar-refractivity contribution in [3.05, 3.63) is 29.8 Å². The van der Waals surface area contributed by atoms with Crippen molar-refractivity contribution in [2.24, 2.45) is 5.92 Å². The van der Waals surface area contributed by atoms with Crippen LogP contribution in [-0.2, 0) is 15.6 Å². The van der Waals surface area contributed by atoms with Crippen LogP contribution in [0, 0.1) is 5.92 Å². The van der Waals surface area contributed by atoms with Gasteiger partial charge in [0.15, 0.2) is 0 Å². The molecule has 5 heteroatoms. The molecule has 1 heterocycles. The average molecular weight is 321 g/mol. The summed E-state index contributed by atoms with van der Waals surface area (Å²) >= 11 is 0. The van der Waals surface area contributed by atoms with Gasteiger partial charge in [0.1, 0.15) is 5.75 Å². The Morgan fingerprint density at radius 1 is 1.32 bits per heavy atom. The van der Waals surface area contributed by atoms with Crippen LogP contribution >= 0.6 is 0 Å². The van der Waals surface area contributed by atoms with Crippen molar-refractivity contribution < 1.29 is 13.7 Å². The van der Waals surface area contributed by atoms with Crippen LogP contribution in [0.3, 0.4) is 0 Å². The summed E-state index contributed by atoms with van der Waals surface area (Å²) in [7, 11) is 2.89.